The number of nitrogens with two attached hydrogens (primary N) is 1. The standard InChI is InChI=1S/C10H20N2O4S/c1-16-10(13)6-7-17(14,15)12-9-4-2-8(11)3-5-9/h8-9,12H,2-7,11H2,1H3. The minimum absolute atomic E-state index is 0.0440. The molecule has 3 N–H and O–H groups in total. The number of sulfonamides is 1. The highest BCUT2D eigenvalue weighted by molar-refractivity contribution is 7.89. The van der Waals surface area contributed by atoms with E-state index in [1.54, 1.807) is 0 Å². The van der Waals surface area contributed by atoms with E-state index >= 15 is 0 Å². The number of esters is 1. The van der Waals surface area contributed by atoms with Gasteiger partial charge >= 0.3 is 5.97 Å². The Morgan fingerprint density at radius 3 is 2.47 bits per heavy atom. The van der Waals surface area contributed by atoms with Crippen LogP contribution in [0.5, 0.6) is 0 Å². The lowest BCUT2D eigenvalue weighted by Crippen LogP contribution is -2.41. The summed E-state index contributed by atoms with van der Waals surface area (Å²) in [5, 5.41) is 0. The van der Waals surface area contributed by atoms with Crippen LogP contribution in [0.3, 0.4) is 0 Å². The molecule has 1 aliphatic rings. The zero-order chi connectivity index (χ0) is 12.9. The van der Waals surface area contributed by atoms with E-state index in [1.807, 2.05) is 0 Å². The average molecular weight is 264 g/mol. The summed E-state index contributed by atoms with van der Waals surface area (Å²) in [6, 6.07) is 0.142. The maximum Gasteiger partial charge on any atom is 0.306 e. The summed E-state index contributed by atoms with van der Waals surface area (Å²) in [7, 11) is -2.15. The first-order valence-electron chi connectivity index (χ1n) is 5.75. The van der Waals surface area contributed by atoms with Crippen molar-refractivity contribution < 1.29 is 17.9 Å². The Morgan fingerprint density at radius 2 is 1.94 bits per heavy atom. The summed E-state index contributed by atoms with van der Waals surface area (Å²) in [4.78, 5) is 10.9. The van der Waals surface area contributed by atoms with Crippen LogP contribution in [0, 0.1) is 0 Å². The maximum absolute atomic E-state index is 11.7. The van der Waals surface area contributed by atoms with Gasteiger partial charge in [-0.05, 0) is 25.7 Å². The van der Waals surface area contributed by atoms with Crippen LogP contribution in [0.25, 0.3) is 0 Å². The van der Waals surface area contributed by atoms with E-state index in [-0.39, 0.29) is 24.3 Å². The molecule has 0 unspecified atom stereocenters. The number of methoxy groups -OCH3 is 1. The average Bonchev–Trinajstić information content (AvgIpc) is 2.29. The minimum atomic E-state index is -3.40. The van der Waals surface area contributed by atoms with Crippen LogP contribution >= 0.6 is 0 Å². The molecule has 1 fully saturated rings. The van der Waals surface area contributed by atoms with Crippen molar-refractivity contribution in [2.75, 3.05) is 12.9 Å². The Kier molecular flexibility index (Phi) is 5.35. The van der Waals surface area contributed by atoms with Crippen molar-refractivity contribution in [3.8, 4) is 0 Å². The molecule has 7 heteroatoms. The predicted molar refractivity (Wildman–Crippen MR) is 63.8 cm³/mol. The fraction of sp³-hybridized carbons (Fsp3) is 0.900. The van der Waals surface area contributed by atoms with Crippen LogP contribution in [0.15, 0.2) is 0 Å². The van der Waals surface area contributed by atoms with Gasteiger partial charge in [-0.3, -0.25) is 4.79 Å². The Labute approximate surface area is 102 Å². The van der Waals surface area contributed by atoms with Crippen molar-refractivity contribution in [2.45, 2.75) is 44.2 Å². The van der Waals surface area contributed by atoms with Crippen molar-refractivity contribution in [3.63, 3.8) is 0 Å². The highest BCUT2D eigenvalue weighted by Crippen LogP contribution is 2.17. The molecule has 100 valence electrons. The molecule has 0 aliphatic heterocycles. The molecule has 1 rings (SSSR count). The number of ether oxygens (including phenoxy) is 1. The molecule has 0 aromatic heterocycles. The van der Waals surface area contributed by atoms with Gasteiger partial charge in [0, 0.05) is 12.1 Å². The number of nitrogens with one attached hydrogen (secondary N) is 1. The largest absolute Gasteiger partial charge is 0.469 e. The summed E-state index contributed by atoms with van der Waals surface area (Å²) in [5.41, 5.74) is 5.74. The van der Waals surface area contributed by atoms with Crippen molar-refractivity contribution in [1.29, 1.82) is 0 Å². The zero-order valence-corrected chi connectivity index (χ0v) is 10.8. The molecule has 0 amide bonds. The van der Waals surface area contributed by atoms with Crippen LogP contribution in [0.1, 0.15) is 32.1 Å². The van der Waals surface area contributed by atoms with Gasteiger partial charge < -0.3 is 10.5 Å². The van der Waals surface area contributed by atoms with E-state index in [1.165, 1.54) is 7.11 Å². The van der Waals surface area contributed by atoms with Crippen molar-refractivity contribution >= 4 is 16.0 Å². The number of carbonyl (C=O) groups is 1. The molecular weight excluding hydrogens is 244 g/mol. The molecule has 0 saturated heterocycles. The maximum atomic E-state index is 11.7. The number of hydrogen-bond donors (Lipinski definition) is 2. The lowest BCUT2D eigenvalue weighted by molar-refractivity contribution is -0.140. The summed E-state index contributed by atoms with van der Waals surface area (Å²) in [5.74, 6) is -0.733. The van der Waals surface area contributed by atoms with Gasteiger partial charge in [0.2, 0.25) is 10.0 Å². The fourth-order valence-electron chi connectivity index (χ4n) is 1.87. The van der Waals surface area contributed by atoms with Crippen LogP contribution < -0.4 is 10.5 Å². The van der Waals surface area contributed by atoms with Gasteiger partial charge in [0.15, 0.2) is 0 Å². The summed E-state index contributed by atoms with van der Waals surface area (Å²) in [6.07, 6.45) is 3.09. The molecule has 17 heavy (non-hydrogen) atoms. The van der Waals surface area contributed by atoms with Gasteiger partial charge in [0.05, 0.1) is 19.3 Å². The number of hydrogen-bond acceptors (Lipinski definition) is 5. The topological polar surface area (TPSA) is 98.5 Å². The van der Waals surface area contributed by atoms with Crippen LogP contribution in [-0.2, 0) is 19.6 Å². The van der Waals surface area contributed by atoms with Crippen LogP contribution in [0.4, 0.5) is 0 Å². The molecule has 0 bridgehead atoms. The van der Waals surface area contributed by atoms with Crippen molar-refractivity contribution in [3.05, 3.63) is 0 Å². The predicted octanol–water partition coefficient (Wildman–Crippen LogP) is -0.261. The molecule has 0 atom stereocenters. The quantitative estimate of drug-likeness (QED) is 0.667. The summed E-state index contributed by atoms with van der Waals surface area (Å²) < 4.78 is 30.3. The third-order valence-corrected chi connectivity index (χ3v) is 4.35. The third kappa shape index (κ3) is 5.47. The first-order valence-corrected chi connectivity index (χ1v) is 7.40. The Hall–Kier alpha value is -0.660. The second-order valence-corrected chi connectivity index (χ2v) is 6.25. The van der Waals surface area contributed by atoms with Gasteiger partial charge in [-0.15, -0.1) is 0 Å². The Bertz CT molecular complexity index is 347. The molecule has 0 aromatic carbocycles. The van der Waals surface area contributed by atoms with E-state index in [4.69, 9.17) is 5.73 Å². The fourth-order valence-corrected chi connectivity index (χ4v) is 3.17. The van der Waals surface area contributed by atoms with E-state index in [0.29, 0.717) is 0 Å². The molecular formula is C10H20N2O4S. The van der Waals surface area contributed by atoms with E-state index in [0.717, 1.165) is 25.7 Å². The molecule has 1 saturated carbocycles. The van der Waals surface area contributed by atoms with Gasteiger partial charge in [0.25, 0.3) is 0 Å². The molecule has 0 radical (unpaired) electrons. The SMILES string of the molecule is COC(=O)CCS(=O)(=O)NC1CCC(N)CC1. The first kappa shape index (κ1) is 14.4. The molecule has 1 aliphatic carbocycles. The normalized spacial score (nSPS) is 25.5. The number of rotatable bonds is 5. The molecule has 0 aromatic rings. The lowest BCUT2D eigenvalue weighted by atomic mass is 9.93. The van der Waals surface area contributed by atoms with E-state index in [9.17, 15) is 13.2 Å². The number of carbonyl (C=O) groups excluding carboxylic acids is 1. The molecule has 0 heterocycles. The van der Waals surface area contributed by atoms with Gasteiger partial charge in [-0.25, -0.2) is 13.1 Å². The Balaban J connectivity index is 2.36. The van der Waals surface area contributed by atoms with Crippen LogP contribution in [0.2, 0.25) is 0 Å². The second kappa shape index (κ2) is 6.32. The first-order chi connectivity index (χ1) is 7.93. The van der Waals surface area contributed by atoms with Crippen molar-refractivity contribution in [1.82, 2.24) is 4.72 Å². The van der Waals surface area contributed by atoms with E-state index < -0.39 is 16.0 Å². The summed E-state index contributed by atoms with van der Waals surface area (Å²) >= 11 is 0. The monoisotopic (exact) mass is 264 g/mol. The van der Waals surface area contributed by atoms with Crippen molar-refractivity contribution in [2.24, 2.45) is 5.73 Å². The zero-order valence-electron chi connectivity index (χ0n) is 10.0. The van der Waals surface area contributed by atoms with Gasteiger partial charge in [-0.2, -0.15) is 0 Å². The van der Waals surface area contributed by atoms with Crippen LogP contribution in [-0.4, -0.2) is 39.3 Å². The van der Waals surface area contributed by atoms with Gasteiger partial charge in [-0.1, -0.05) is 0 Å². The van der Waals surface area contributed by atoms with E-state index in [2.05, 4.69) is 9.46 Å². The van der Waals surface area contributed by atoms with Gasteiger partial charge in [0.1, 0.15) is 0 Å². The lowest BCUT2D eigenvalue weighted by Gasteiger charge is -2.26. The smallest absolute Gasteiger partial charge is 0.306 e. The highest BCUT2D eigenvalue weighted by atomic mass is 32.2. The third-order valence-electron chi connectivity index (χ3n) is 2.92. The Morgan fingerprint density at radius 1 is 1.35 bits per heavy atom. The highest BCUT2D eigenvalue weighted by Gasteiger charge is 2.23. The second-order valence-electron chi connectivity index (χ2n) is 4.37. The molecule has 0 spiro atoms. The summed E-state index contributed by atoms with van der Waals surface area (Å²) in [6.45, 7) is 0. The minimum Gasteiger partial charge on any atom is -0.469 e. The molecule has 6 nitrogen and oxygen atoms in total.